The topological polar surface area (TPSA) is 105 Å². The summed E-state index contributed by atoms with van der Waals surface area (Å²) in [5, 5.41) is 15.2. The summed E-state index contributed by atoms with van der Waals surface area (Å²) >= 11 is 3.97. The number of aliphatic hydroxyl groups is 1. The fourth-order valence-corrected chi connectivity index (χ4v) is 1.78. The first-order chi connectivity index (χ1) is 11.2. The maximum Gasteiger partial charge on any atom is 0.306 e. The molecular weight excluding hydrogens is 332 g/mol. The van der Waals surface area contributed by atoms with Crippen molar-refractivity contribution in [1.29, 1.82) is 0 Å². The Hall–Kier alpha value is -1.54. The molecule has 0 radical (unpaired) electrons. The second-order valence-electron chi connectivity index (χ2n) is 5.99. The predicted molar refractivity (Wildman–Crippen MR) is 94.7 cm³/mol. The molecule has 0 rings (SSSR count). The number of rotatable bonds is 12. The van der Waals surface area contributed by atoms with Gasteiger partial charge in [-0.3, -0.25) is 14.4 Å². The summed E-state index contributed by atoms with van der Waals surface area (Å²) in [6.07, 6.45) is 1.09. The van der Waals surface area contributed by atoms with Crippen molar-refractivity contribution < 1.29 is 24.2 Å². The number of carbonyl (C=O) groups is 3. The van der Waals surface area contributed by atoms with Crippen molar-refractivity contribution in [1.82, 2.24) is 10.6 Å². The fourth-order valence-electron chi connectivity index (χ4n) is 1.67. The molecule has 24 heavy (non-hydrogen) atoms. The number of amides is 2. The number of thiol groups is 1. The Balaban J connectivity index is 4.21. The van der Waals surface area contributed by atoms with Crippen LogP contribution in [0, 0.1) is 5.41 Å². The molecule has 7 nitrogen and oxygen atoms in total. The minimum absolute atomic E-state index is 0.0833. The summed E-state index contributed by atoms with van der Waals surface area (Å²) in [5.41, 5.74) is -0.942. The number of ether oxygens (including phenoxy) is 1. The van der Waals surface area contributed by atoms with Gasteiger partial charge in [0.25, 0.3) is 0 Å². The number of hydrogen-bond acceptors (Lipinski definition) is 6. The van der Waals surface area contributed by atoms with Crippen LogP contribution in [0.4, 0.5) is 0 Å². The van der Waals surface area contributed by atoms with Crippen LogP contribution in [0.3, 0.4) is 0 Å². The first-order valence-electron chi connectivity index (χ1n) is 7.84. The van der Waals surface area contributed by atoms with Crippen LogP contribution >= 0.6 is 12.6 Å². The van der Waals surface area contributed by atoms with E-state index in [-0.39, 0.29) is 31.9 Å². The highest BCUT2D eigenvalue weighted by molar-refractivity contribution is 7.80. The monoisotopic (exact) mass is 360 g/mol. The number of hydrogen-bond donors (Lipinski definition) is 4. The maximum absolute atomic E-state index is 11.9. The van der Waals surface area contributed by atoms with Crippen LogP contribution in [-0.4, -0.2) is 54.4 Å². The Labute approximate surface area is 148 Å². The van der Waals surface area contributed by atoms with Crippen LogP contribution in [0.5, 0.6) is 0 Å². The lowest BCUT2D eigenvalue weighted by atomic mass is 9.87. The Morgan fingerprint density at radius 2 is 1.92 bits per heavy atom. The average Bonchev–Trinajstić information content (AvgIpc) is 2.55. The summed E-state index contributed by atoms with van der Waals surface area (Å²) in [5.74, 6) is -0.675. The molecule has 1 unspecified atom stereocenters. The van der Waals surface area contributed by atoms with Crippen molar-refractivity contribution in [3.05, 3.63) is 12.7 Å². The Kier molecular flexibility index (Phi) is 11.1. The Bertz CT molecular complexity index is 440. The number of nitrogens with one attached hydrogen (secondary N) is 2. The smallest absolute Gasteiger partial charge is 0.306 e. The van der Waals surface area contributed by atoms with Crippen molar-refractivity contribution in [3.63, 3.8) is 0 Å². The molecule has 0 heterocycles. The first-order valence-corrected chi connectivity index (χ1v) is 8.47. The van der Waals surface area contributed by atoms with Crippen LogP contribution in [0.25, 0.3) is 0 Å². The summed E-state index contributed by atoms with van der Waals surface area (Å²) in [7, 11) is 0. The third kappa shape index (κ3) is 9.57. The van der Waals surface area contributed by atoms with Crippen LogP contribution < -0.4 is 10.6 Å². The second kappa shape index (κ2) is 11.9. The van der Waals surface area contributed by atoms with E-state index < -0.39 is 23.4 Å². The highest BCUT2D eigenvalue weighted by Crippen LogP contribution is 2.21. The largest absolute Gasteiger partial charge is 0.465 e. The molecule has 0 spiro atoms. The van der Waals surface area contributed by atoms with Gasteiger partial charge in [-0.25, -0.2) is 0 Å². The first kappa shape index (κ1) is 22.5. The zero-order valence-corrected chi connectivity index (χ0v) is 15.2. The zero-order valence-electron chi connectivity index (χ0n) is 14.3. The molecule has 0 aromatic carbocycles. The summed E-state index contributed by atoms with van der Waals surface area (Å²) in [4.78, 5) is 34.8. The second-order valence-corrected chi connectivity index (χ2v) is 6.44. The Morgan fingerprint density at radius 3 is 2.50 bits per heavy atom. The van der Waals surface area contributed by atoms with Gasteiger partial charge in [0.05, 0.1) is 6.61 Å². The van der Waals surface area contributed by atoms with Gasteiger partial charge in [-0.15, -0.1) is 6.58 Å². The molecule has 0 saturated heterocycles. The van der Waals surface area contributed by atoms with Crippen molar-refractivity contribution in [2.24, 2.45) is 5.41 Å². The molecule has 0 aliphatic carbocycles. The van der Waals surface area contributed by atoms with E-state index in [0.717, 1.165) is 0 Å². The lowest BCUT2D eigenvalue weighted by Crippen LogP contribution is -2.47. The highest BCUT2D eigenvalue weighted by atomic mass is 32.1. The molecule has 8 heteroatoms. The van der Waals surface area contributed by atoms with E-state index in [9.17, 15) is 19.5 Å². The van der Waals surface area contributed by atoms with E-state index in [1.807, 2.05) is 0 Å². The molecule has 0 aromatic rings. The third-order valence-corrected chi connectivity index (χ3v) is 3.46. The molecule has 0 aliphatic rings. The van der Waals surface area contributed by atoms with E-state index in [1.165, 1.54) is 0 Å². The fraction of sp³-hybridized carbons (Fsp3) is 0.688. The minimum Gasteiger partial charge on any atom is -0.465 e. The zero-order chi connectivity index (χ0) is 18.6. The van der Waals surface area contributed by atoms with Crippen molar-refractivity contribution >= 4 is 30.4 Å². The van der Waals surface area contributed by atoms with Gasteiger partial charge in [0.2, 0.25) is 11.8 Å². The Morgan fingerprint density at radius 1 is 1.25 bits per heavy atom. The molecule has 0 fully saturated rings. The van der Waals surface area contributed by atoms with Gasteiger partial charge in [0.1, 0.15) is 6.10 Å². The molecule has 1 atom stereocenters. The molecule has 0 saturated carbocycles. The van der Waals surface area contributed by atoms with E-state index >= 15 is 0 Å². The van der Waals surface area contributed by atoms with Gasteiger partial charge in [-0.1, -0.05) is 19.9 Å². The quantitative estimate of drug-likeness (QED) is 0.230. The average molecular weight is 360 g/mol. The minimum atomic E-state index is -1.36. The molecule has 3 N–H and O–H groups in total. The van der Waals surface area contributed by atoms with E-state index in [4.69, 9.17) is 4.74 Å². The third-order valence-electron chi connectivity index (χ3n) is 3.23. The summed E-state index contributed by atoms with van der Waals surface area (Å²) in [6.45, 7) is 7.25. The molecule has 138 valence electrons. The van der Waals surface area contributed by atoms with Gasteiger partial charge < -0.3 is 20.5 Å². The van der Waals surface area contributed by atoms with Crippen molar-refractivity contribution in [3.8, 4) is 0 Å². The summed E-state index contributed by atoms with van der Waals surface area (Å²) < 4.78 is 5.07. The van der Waals surface area contributed by atoms with E-state index in [0.29, 0.717) is 18.7 Å². The van der Waals surface area contributed by atoms with Crippen LogP contribution in [0.15, 0.2) is 12.7 Å². The summed E-state index contributed by atoms with van der Waals surface area (Å²) in [6, 6.07) is 0. The highest BCUT2D eigenvalue weighted by Gasteiger charge is 2.34. The van der Waals surface area contributed by atoms with E-state index in [2.05, 4.69) is 29.8 Å². The van der Waals surface area contributed by atoms with Gasteiger partial charge in [-0.2, -0.15) is 12.6 Å². The number of allylic oxidation sites excluding steroid dienone is 1. The van der Waals surface area contributed by atoms with Crippen molar-refractivity contribution in [2.75, 3.05) is 25.4 Å². The molecular formula is C16H28N2O5S. The molecule has 2 amide bonds. The number of carbonyl (C=O) groups excluding carboxylic acids is 3. The lowest BCUT2D eigenvalue weighted by molar-refractivity contribution is -0.153. The normalized spacial score (nSPS) is 12.2. The SMILES string of the molecule is C=CCCC(=O)OCC(C)(C)C(O)C(=O)NCCC(=O)NCCS. The molecule has 0 aromatic heterocycles. The predicted octanol–water partition coefficient (Wildman–Crippen LogP) is 0.435. The van der Waals surface area contributed by atoms with Crippen LogP contribution in [0.1, 0.15) is 33.1 Å². The lowest BCUT2D eigenvalue weighted by Gasteiger charge is -2.29. The van der Waals surface area contributed by atoms with Gasteiger partial charge in [-0.05, 0) is 6.42 Å². The molecule has 0 aliphatic heterocycles. The number of aliphatic hydroxyl groups excluding tert-OH is 1. The van der Waals surface area contributed by atoms with E-state index in [1.54, 1.807) is 19.9 Å². The number of esters is 1. The van der Waals surface area contributed by atoms with Crippen molar-refractivity contribution in [2.45, 2.75) is 39.2 Å². The van der Waals surface area contributed by atoms with Crippen LogP contribution in [0.2, 0.25) is 0 Å². The van der Waals surface area contributed by atoms with Gasteiger partial charge in [0, 0.05) is 37.1 Å². The van der Waals surface area contributed by atoms with Gasteiger partial charge >= 0.3 is 5.97 Å². The van der Waals surface area contributed by atoms with Crippen LogP contribution in [-0.2, 0) is 19.1 Å². The molecule has 0 bridgehead atoms. The van der Waals surface area contributed by atoms with Gasteiger partial charge in [0.15, 0.2) is 0 Å². The standard InChI is InChI=1S/C16H28N2O5S/c1-4-5-6-13(20)23-11-16(2,3)14(21)15(22)18-8-7-12(19)17-9-10-24/h4,14,21,24H,1,5-11H2,2-3H3,(H,17,19)(H,18,22). The maximum atomic E-state index is 11.9.